The standard InChI is InChI=1S/C26H42N2O6S/c1-14-8-7-9-19(27)20(29)11-21(15(2)10-18-13-35-17(4)28-18)34-23(31)12-22(30)26(5,6)25(33)16(3)24(14)32/h10,13-14,16,19-22,24,29-30,32H,7-9,11-12,27H2,1-6H3/b15-10+/t14?,16?,19-,20?,21+,22?,24+/m1/s1. The van der Waals surface area contributed by atoms with E-state index in [1.807, 2.05) is 25.3 Å². The number of ketones is 1. The van der Waals surface area contributed by atoms with E-state index in [4.69, 9.17) is 10.5 Å². The lowest BCUT2D eigenvalue weighted by atomic mass is 9.73. The molecule has 1 saturated heterocycles. The highest BCUT2D eigenvalue weighted by atomic mass is 32.1. The van der Waals surface area contributed by atoms with Crippen molar-refractivity contribution in [2.75, 3.05) is 0 Å². The van der Waals surface area contributed by atoms with Gasteiger partial charge in [-0.05, 0) is 44.3 Å². The molecule has 0 aliphatic carbocycles. The second kappa shape index (κ2) is 12.5. The Kier molecular flexibility index (Phi) is 10.6. The highest BCUT2D eigenvalue weighted by Crippen LogP contribution is 2.32. The number of aliphatic hydroxyl groups excluding tert-OH is 3. The number of aliphatic hydroxyl groups is 3. The Balaban J connectivity index is 2.33. The second-order valence-corrected chi connectivity index (χ2v) is 11.7. The van der Waals surface area contributed by atoms with E-state index in [0.717, 1.165) is 10.7 Å². The summed E-state index contributed by atoms with van der Waals surface area (Å²) in [7, 11) is 0. The maximum atomic E-state index is 13.2. The normalized spacial score (nSPS) is 34.5. The zero-order valence-electron chi connectivity index (χ0n) is 21.7. The Morgan fingerprint density at radius 3 is 2.49 bits per heavy atom. The molecule has 0 bridgehead atoms. The first-order valence-corrected chi connectivity index (χ1v) is 13.3. The predicted molar refractivity (Wildman–Crippen MR) is 137 cm³/mol. The predicted octanol–water partition coefficient (Wildman–Crippen LogP) is 3.01. The molecule has 0 aromatic carbocycles. The molecule has 5 N–H and O–H groups in total. The van der Waals surface area contributed by atoms with Gasteiger partial charge in [0.05, 0.1) is 40.8 Å². The fraction of sp³-hybridized carbons (Fsp3) is 0.731. The number of rotatable bonds is 2. The van der Waals surface area contributed by atoms with Crippen molar-refractivity contribution >= 4 is 29.2 Å². The minimum absolute atomic E-state index is 0.103. The summed E-state index contributed by atoms with van der Waals surface area (Å²) in [5, 5.41) is 35.2. The van der Waals surface area contributed by atoms with Crippen LogP contribution in [0, 0.1) is 24.2 Å². The van der Waals surface area contributed by atoms with Gasteiger partial charge in [-0.3, -0.25) is 9.59 Å². The minimum atomic E-state index is -1.29. The van der Waals surface area contributed by atoms with Gasteiger partial charge in [-0.1, -0.05) is 34.1 Å². The van der Waals surface area contributed by atoms with Crippen LogP contribution < -0.4 is 5.73 Å². The summed E-state index contributed by atoms with van der Waals surface area (Å²) in [6.45, 7) is 10.4. The Morgan fingerprint density at radius 1 is 1.23 bits per heavy atom. The van der Waals surface area contributed by atoms with Gasteiger partial charge in [0.25, 0.3) is 0 Å². The van der Waals surface area contributed by atoms with Gasteiger partial charge in [-0.15, -0.1) is 11.3 Å². The van der Waals surface area contributed by atoms with Gasteiger partial charge in [-0.2, -0.15) is 0 Å². The molecule has 1 aromatic heterocycles. The second-order valence-electron chi connectivity index (χ2n) is 10.6. The molecule has 1 aromatic rings. The fourth-order valence-electron chi connectivity index (χ4n) is 4.55. The SMILES string of the molecule is C/C(=C\c1csc(C)n1)[C@@H]1CC(O)[C@H](N)CCCC(C)[C@H](O)C(C)C(=O)C(C)(C)C(O)CC(=O)O1. The number of nitrogens with two attached hydrogens (primary N) is 1. The summed E-state index contributed by atoms with van der Waals surface area (Å²) in [5.41, 5.74) is 6.43. The lowest BCUT2D eigenvalue weighted by molar-refractivity contribution is -0.155. The number of carbonyl (C=O) groups excluding carboxylic acids is 2. The molecule has 1 fully saturated rings. The van der Waals surface area contributed by atoms with Crippen LogP contribution in [0.2, 0.25) is 0 Å². The average Bonchev–Trinajstić information content (AvgIpc) is 3.20. The van der Waals surface area contributed by atoms with Crippen LogP contribution in [0.15, 0.2) is 11.0 Å². The van der Waals surface area contributed by atoms with E-state index in [1.165, 1.54) is 11.3 Å². The van der Waals surface area contributed by atoms with Crippen LogP contribution in [0.1, 0.15) is 77.4 Å². The number of hydrogen-bond donors (Lipinski definition) is 4. The van der Waals surface area contributed by atoms with Crippen LogP contribution >= 0.6 is 11.3 Å². The molecule has 0 amide bonds. The zero-order chi connectivity index (χ0) is 26.5. The van der Waals surface area contributed by atoms with Crippen molar-refractivity contribution in [3.63, 3.8) is 0 Å². The van der Waals surface area contributed by atoms with Gasteiger partial charge in [0, 0.05) is 23.8 Å². The first-order chi connectivity index (χ1) is 16.2. The Bertz CT molecular complexity index is 898. The van der Waals surface area contributed by atoms with Crippen molar-refractivity contribution in [3.8, 4) is 0 Å². The molecule has 4 unspecified atom stereocenters. The first kappa shape index (κ1) is 29.6. The maximum Gasteiger partial charge on any atom is 0.309 e. The molecule has 0 spiro atoms. The van der Waals surface area contributed by atoms with Gasteiger partial charge >= 0.3 is 5.97 Å². The van der Waals surface area contributed by atoms with Gasteiger partial charge in [-0.25, -0.2) is 4.98 Å². The summed E-state index contributed by atoms with van der Waals surface area (Å²) in [4.78, 5) is 30.4. The summed E-state index contributed by atoms with van der Waals surface area (Å²) >= 11 is 1.51. The number of aryl methyl sites for hydroxylation is 1. The molecule has 0 saturated carbocycles. The third-order valence-corrected chi connectivity index (χ3v) is 8.07. The number of thiazole rings is 1. The van der Waals surface area contributed by atoms with E-state index in [1.54, 1.807) is 27.7 Å². The van der Waals surface area contributed by atoms with Crippen LogP contribution in [0.5, 0.6) is 0 Å². The summed E-state index contributed by atoms with van der Waals surface area (Å²) in [6.07, 6.45) is -0.492. The average molecular weight is 511 g/mol. The molecule has 198 valence electrons. The fourth-order valence-corrected chi connectivity index (χ4v) is 5.12. The van der Waals surface area contributed by atoms with Crippen molar-refractivity contribution in [2.45, 2.75) is 104 Å². The summed E-state index contributed by atoms with van der Waals surface area (Å²) < 4.78 is 5.71. The zero-order valence-corrected chi connectivity index (χ0v) is 22.5. The monoisotopic (exact) mass is 510 g/mol. The smallest absolute Gasteiger partial charge is 0.309 e. The highest BCUT2D eigenvalue weighted by molar-refractivity contribution is 7.09. The molecular weight excluding hydrogens is 468 g/mol. The molecule has 2 heterocycles. The third-order valence-electron chi connectivity index (χ3n) is 7.28. The number of aromatic nitrogens is 1. The van der Waals surface area contributed by atoms with Gasteiger partial charge < -0.3 is 25.8 Å². The van der Waals surface area contributed by atoms with Crippen LogP contribution in [0.25, 0.3) is 6.08 Å². The molecule has 8 nitrogen and oxygen atoms in total. The molecule has 1 aliphatic rings. The number of ether oxygens (including phenoxy) is 1. The van der Waals surface area contributed by atoms with Crippen molar-refractivity contribution in [2.24, 2.45) is 23.0 Å². The highest BCUT2D eigenvalue weighted by Gasteiger charge is 2.42. The Morgan fingerprint density at radius 2 is 1.89 bits per heavy atom. The number of nitrogens with zero attached hydrogens (tertiary/aromatic N) is 1. The number of carbonyl (C=O) groups is 2. The number of esters is 1. The molecule has 2 rings (SSSR count). The van der Waals surface area contributed by atoms with E-state index in [-0.39, 0.29) is 18.1 Å². The van der Waals surface area contributed by atoms with E-state index in [9.17, 15) is 24.9 Å². The van der Waals surface area contributed by atoms with Crippen molar-refractivity contribution in [1.29, 1.82) is 0 Å². The Labute approximate surface area is 212 Å². The van der Waals surface area contributed by atoms with E-state index < -0.39 is 54.2 Å². The lowest BCUT2D eigenvalue weighted by Crippen LogP contribution is -2.46. The summed E-state index contributed by atoms with van der Waals surface area (Å²) in [6, 6.07) is -0.536. The molecule has 0 radical (unpaired) electrons. The maximum absolute atomic E-state index is 13.2. The topological polar surface area (TPSA) is 143 Å². The molecule has 1 aliphatic heterocycles. The molecule has 9 heteroatoms. The van der Waals surface area contributed by atoms with Crippen molar-refractivity contribution in [3.05, 3.63) is 21.7 Å². The molecule has 35 heavy (non-hydrogen) atoms. The van der Waals surface area contributed by atoms with Crippen molar-refractivity contribution < 1.29 is 29.6 Å². The van der Waals surface area contributed by atoms with Gasteiger partial charge in [0.15, 0.2) is 0 Å². The first-order valence-electron chi connectivity index (χ1n) is 12.4. The molecular formula is C26H42N2O6S. The minimum Gasteiger partial charge on any atom is -0.458 e. The van der Waals surface area contributed by atoms with Crippen LogP contribution in [-0.2, 0) is 14.3 Å². The largest absolute Gasteiger partial charge is 0.458 e. The number of Topliss-reactive ketones (excluding diaryl/α,β-unsaturated/α-hetero) is 1. The van der Waals surface area contributed by atoms with Crippen LogP contribution in [-0.4, -0.2) is 62.5 Å². The number of cyclic esters (lactones) is 1. The lowest BCUT2D eigenvalue weighted by Gasteiger charge is -2.35. The van der Waals surface area contributed by atoms with Gasteiger partial charge in [0.1, 0.15) is 11.9 Å². The summed E-state index contributed by atoms with van der Waals surface area (Å²) in [5.74, 6) is -1.86. The molecule has 7 atom stereocenters. The van der Waals surface area contributed by atoms with Gasteiger partial charge in [0.2, 0.25) is 0 Å². The van der Waals surface area contributed by atoms with E-state index in [0.29, 0.717) is 24.8 Å². The number of hydrogen-bond acceptors (Lipinski definition) is 9. The quantitative estimate of drug-likeness (QED) is 0.445. The van der Waals surface area contributed by atoms with E-state index in [2.05, 4.69) is 4.98 Å². The van der Waals surface area contributed by atoms with Crippen LogP contribution in [0.3, 0.4) is 0 Å². The van der Waals surface area contributed by atoms with Crippen LogP contribution in [0.4, 0.5) is 0 Å². The third kappa shape index (κ3) is 7.92. The van der Waals surface area contributed by atoms with E-state index >= 15 is 0 Å². The van der Waals surface area contributed by atoms with Crippen molar-refractivity contribution in [1.82, 2.24) is 4.98 Å². The Hall–Kier alpha value is -1.65.